The van der Waals surface area contributed by atoms with Crippen molar-refractivity contribution >= 4 is 39.1 Å². The van der Waals surface area contributed by atoms with Crippen LogP contribution in [0.5, 0.6) is 0 Å². The van der Waals surface area contributed by atoms with Gasteiger partial charge in [0.25, 0.3) is 5.91 Å². The largest absolute Gasteiger partial charge is 0.321 e. The van der Waals surface area contributed by atoms with Crippen LogP contribution in [0.15, 0.2) is 40.9 Å². The number of halogens is 4. The van der Waals surface area contributed by atoms with E-state index in [4.69, 9.17) is 11.6 Å². The third kappa shape index (κ3) is 3.52. The van der Waals surface area contributed by atoms with Crippen LogP contribution in [0.25, 0.3) is 0 Å². The van der Waals surface area contributed by atoms with Crippen LogP contribution in [-0.2, 0) is 0 Å². The number of carbonyl (C=O) groups is 1. The number of nitrogens with one attached hydrogen (secondary N) is 1. The van der Waals surface area contributed by atoms with Gasteiger partial charge in [0.15, 0.2) is 0 Å². The maximum atomic E-state index is 13.0. The molecule has 0 saturated carbocycles. The van der Waals surface area contributed by atoms with Crippen molar-refractivity contribution in [2.24, 2.45) is 0 Å². The monoisotopic (exact) mass is 345 g/mol. The molecule has 0 radical (unpaired) electrons. The minimum Gasteiger partial charge on any atom is -0.321 e. The maximum absolute atomic E-state index is 13.0. The van der Waals surface area contributed by atoms with Crippen LogP contribution in [0.2, 0.25) is 5.02 Å². The Morgan fingerprint density at radius 3 is 2.32 bits per heavy atom. The Kier molecular flexibility index (Phi) is 4.17. The first kappa shape index (κ1) is 14.0. The molecular formula is C13H7BrClF2NO. The predicted octanol–water partition coefficient (Wildman–Crippen LogP) is 4.63. The Morgan fingerprint density at radius 1 is 1.11 bits per heavy atom. The van der Waals surface area contributed by atoms with Crippen molar-refractivity contribution in [3.63, 3.8) is 0 Å². The lowest BCUT2D eigenvalue weighted by atomic mass is 10.2. The molecule has 0 spiro atoms. The lowest BCUT2D eigenvalue weighted by Gasteiger charge is -2.08. The molecule has 2 rings (SSSR count). The average Bonchev–Trinajstić information content (AvgIpc) is 2.31. The van der Waals surface area contributed by atoms with E-state index in [2.05, 4.69) is 21.2 Å². The number of carbonyl (C=O) groups excluding carboxylic acids is 1. The maximum Gasteiger partial charge on any atom is 0.255 e. The Labute approximate surface area is 121 Å². The zero-order chi connectivity index (χ0) is 14.0. The van der Waals surface area contributed by atoms with Crippen LogP contribution < -0.4 is 5.32 Å². The number of hydrogen-bond donors (Lipinski definition) is 1. The molecule has 0 saturated heterocycles. The molecule has 6 heteroatoms. The number of anilines is 1. The highest BCUT2D eigenvalue weighted by atomic mass is 79.9. The summed E-state index contributed by atoms with van der Waals surface area (Å²) in [6.45, 7) is 0. The summed E-state index contributed by atoms with van der Waals surface area (Å²) in [5.74, 6) is -2.22. The number of hydrogen-bond acceptors (Lipinski definition) is 1. The molecule has 0 heterocycles. The molecule has 2 nitrogen and oxygen atoms in total. The third-order valence-electron chi connectivity index (χ3n) is 2.30. The van der Waals surface area contributed by atoms with E-state index >= 15 is 0 Å². The number of rotatable bonds is 2. The first-order valence-electron chi connectivity index (χ1n) is 5.18. The molecule has 0 aromatic heterocycles. The lowest BCUT2D eigenvalue weighted by Crippen LogP contribution is -2.12. The highest BCUT2D eigenvalue weighted by Gasteiger charge is 2.11. The van der Waals surface area contributed by atoms with Gasteiger partial charge in [0.2, 0.25) is 0 Å². The van der Waals surface area contributed by atoms with Crippen LogP contribution in [0.4, 0.5) is 14.5 Å². The molecule has 0 aliphatic heterocycles. The quantitative estimate of drug-likeness (QED) is 0.844. The van der Waals surface area contributed by atoms with E-state index in [0.29, 0.717) is 21.2 Å². The molecule has 0 atom stereocenters. The zero-order valence-electron chi connectivity index (χ0n) is 9.38. The molecule has 19 heavy (non-hydrogen) atoms. The van der Waals surface area contributed by atoms with Gasteiger partial charge in [-0.15, -0.1) is 0 Å². The van der Waals surface area contributed by atoms with E-state index in [0.717, 1.165) is 12.1 Å². The molecule has 2 aromatic carbocycles. The van der Waals surface area contributed by atoms with Crippen LogP contribution in [0, 0.1) is 11.6 Å². The van der Waals surface area contributed by atoms with Gasteiger partial charge in [-0.3, -0.25) is 4.79 Å². The summed E-state index contributed by atoms with van der Waals surface area (Å²) in [6.07, 6.45) is 0. The Balaban J connectivity index is 2.25. The van der Waals surface area contributed by atoms with Crippen molar-refractivity contribution < 1.29 is 13.6 Å². The summed E-state index contributed by atoms with van der Waals surface area (Å²) in [4.78, 5) is 11.9. The minimum atomic E-state index is -0.805. The fourth-order valence-electron chi connectivity index (χ4n) is 1.47. The smallest absolute Gasteiger partial charge is 0.255 e. The van der Waals surface area contributed by atoms with E-state index < -0.39 is 17.5 Å². The standard InChI is InChI=1S/C13H7BrClF2NO/c14-11-5-8(15)1-2-12(11)18-13(19)7-3-9(16)6-10(17)4-7/h1-6H,(H,18,19). The Bertz CT molecular complexity index is 628. The van der Waals surface area contributed by atoms with Crippen LogP contribution >= 0.6 is 27.5 Å². The molecule has 98 valence electrons. The van der Waals surface area contributed by atoms with E-state index in [1.807, 2.05) is 0 Å². The highest BCUT2D eigenvalue weighted by molar-refractivity contribution is 9.10. The fourth-order valence-corrected chi connectivity index (χ4v) is 2.25. The second-order valence-corrected chi connectivity index (χ2v) is 5.03. The molecule has 0 aliphatic rings. The first-order valence-corrected chi connectivity index (χ1v) is 6.35. The third-order valence-corrected chi connectivity index (χ3v) is 3.20. The van der Waals surface area contributed by atoms with Crippen molar-refractivity contribution in [2.75, 3.05) is 5.32 Å². The first-order chi connectivity index (χ1) is 8.95. The van der Waals surface area contributed by atoms with Crippen molar-refractivity contribution in [2.45, 2.75) is 0 Å². The van der Waals surface area contributed by atoms with Gasteiger partial charge < -0.3 is 5.32 Å². The lowest BCUT2D eigenvalue weighted by molar-refractivity contribution is 0.102. The van der Waals surface area contributed by atoms with Gasteiger partial charge >= 0.3 is 0 Å². The summed E-state index contributed by atoms with van der Waals surface area (Å²) in [7, 11) is 0. The predicted molar refractivity (Wildman–Crippen MR) is 73.5 cm³/mol. The molecule has 1 N–H and O–H groups in total. The summed E-state index contributed by atoms with van der Waals surface area (Å²) >= 11 is 9.00. The van der Waals surface area contributed by atoms with Crippen LogP contribution in [-0.4, -0.2) is 5.91 Å². The molecule has 0 unspecified atom stereocenters. The van der Waals surface area contributed by atoms with Crippen molar-refractivity contribution in [3.8, 4) is 0 Å². The van der Waals surface area contributed by atoms with Gasteiger partial charge in [-0.05, 0) is 46.3 Å². The van der Waals surface area contributed by atoms with Gasteiger partial charge in [-0.1, -0.05) is 11.6 Å². The van der Waals surface area contributed by atoms with Crippen LogP contribution in [0.3, 0.4) is 0 Å². The zero-order valence-corrected chi connectivity index (χ0v) is 11.7. The highest BCUT2D eigenvalue weighted by Crippen LogP contribution is 2.26. The van der Waals surface area contributed by atoms with Crippen molar-refractivity contribution in [1.82, 2.24) is 0 Å². The van der Waals surface area contributed by atoms with Gasteiger partial charge in [0, 0.05) is 21.1 Å². The van der Waals surface area contributed by atoms with Gasteiger partial charge in [0.1, 0.15) is 11.6 Å². The van der Waals surface area contributed by atoms with E-state index in [1.54, 1.807) is 18.2 Å². The molecule has 2 aromatic rings. The SMILES string of the molecule is O=C(Nc1ccc(Cl)cc1Br)c1cc(F)cc(F)c1. The van der Waals surface area contributed by atoms with Gasteiger partial charge in [-0.25, -0.2) is 8.78 Å². The topological polar surface area (TPSA) is 29.1 Å². The molecule has 0 bridgehead atoms. The average molecular weight is 347 g/mol. The van der Waals surface area contributed by atoms with Crippen LogP contribution in [0.1, 0.15) is 10.4 Å². The number of amides is 1. The second kappa shape index (κ2) is 5.67. The van der Waals surface area contributed by atoms with Crippen molar-refractivity contribution in [3.05, 3.63) is 63.1 Å². The molecule has 0 fully saturated rings. The molecule has 1 amide bonds. The number of benzene rings is 2. The summed E-state index contributed by atoms with van der Waals surface area (Å²) in [5.41, 5.74) is 0.360. The normalized spacial score (nSPS) is 10.3. The molecular weight excluding hydrogens is 340 g/mol. The summed E-state index contributed by atoms with van der Waals surface area (Å²) < 4.78 is 26.6. The Hall–Kier alpha value is -1.46. The summed E-state index contributed by atoms with van der Waals surface area (Å²) in [5, 5.41) is 3.03. The minimum absolute atomic E-state index is 0.0978. The van der Waals surface area contributed by atoms with E-state index in [1.165, 1.54) is 0 Å². The molecule has 0 aliphatic carbocycles. The van der Waals surface area contributed by atoms with E-state index in [-0.39, 0.29) is 5.56 Å². The van der Waals surface area contributed by atoms with Gasteiger partial charge in [-0.2, -0.15) is 0 Å². The van der Waals surface area contributed by atoms with Gasteiger partial charge in [0.05, 0.1) is 5.69 Å². The summed E-state index contributed by atoms with van der Waals surface area (Å²) in [6, 6.07) is 7.40. The Morgan fingerprint density at radius 2 is 1.74 bits per heavy atom. The second-order valence-electron chi connectivity index (χ2n) is 3.74. The van der Waals surface area contributed by atoms with Crippen molar-refractivity contribution in [1.29, 1.82) is 0 Å². The van der Waals surface area contributed by atoms with E-state index in [9.17, 15) is 13.6 Å². The fraction of sp³-hybridized carbons (Fsp3) is 0.